The Hall–Kier alpha value is -1.31. The summed E-state index contributed by atoms with van der Waals surface area (Å²) in [5.74, 6) is 0.793. The largest absolute Gasteiger partial charge is 0.356 e. The lowest BCUT2D eigenvalue weighted by Gasteiger charge is -2.28. The van der Waals surface area contributed by atoms with Crippen LogP contribution in [0.5, 0.6) is 0 Å². The zero-order chi connectivity index (χ0) is 18.1. The number of hydrogen-bond acceptors (Lipinski definition) is 2. The maximum absolute atomic E-state index is 11.9. The first kappa shape index (κ1) is 22.7. The Balaban J connectivity index is 0.00000338. The van der Waals surface area contributed by atoms with Crippen LogP contribution in [0.25, 0.3) is 0 Å². The van der Waals surface area contributed by atoms with Gasteiger partial charge in [0, 0.05) is 32.2 Å². The van der Waals surface area contributed by atoms with Crippen molar-refractivity contribution in [2.75, 3.05) is 20.1 Å². The summed E-state index contributed by atoms with van der Waals surface area (Å²) in [6, 6.07) is 7.71. The lowest BCUT2D eigenvalue weighted by Crippen LogP contribution is -2.42. The van der Waals surface area contributed by atoms with Gasteiger partial charge in [0.1, 0.15) is 0 Å². The third kappa shape index (κ3) is 6.45. The molecular formula is C20H33IN4O. The molecule has 2 rings (SSSR count). The van der Waals surface area contributed by atoms with Crippen molar-refractivity contribution in [1.29, 1.82) is 0 Å². The van der Waals surface area contributed by atoms with Gasteiger partial charge in [-0.05, 0) is 49.3 Å². The van der Waals surface area contributed by atoms with Gasteiger partial charge in [0.15, 0.2) is 5.96 Å². The molecule has 0 saturated heterocycles. The molecule has 1 aliphatic rings. The molecule has 1 aliphatic carbocycles. The smallest absolute Gasteiger partial charge is 0.251 e. The summed E-state index contributed by atoms with van der Waals surface area (Å²) in [6.45, 7) is 6.47. The van der Waals surface area contributed by atoms with E-state index in [2.05, 4.69) is 27.9 Å². The summed E-state index contributed by atoms with van der Waals surface area (Å²) in [6.07, 6.45) is 6.51. The van der Waals surface area contributed by atoms with Crippen molar-refractivity contribution in [2.24, 2.45) is 10.4 Å². The van der Waals surface area contributed by atoms with E-state index in [1.54, 1.807) is 7.05 Å². The number of nitrogens with one attached hydrogen (secondary N) is 3. The normalized spacial score (nSPS) is 15.9. The molecule has 1 aromatic carbocycles. The quantitative estimate of drug-likeness (QED) is 0.322. The third-order valence-corrected chi connectivity index (χ3v) is 5.26. The maximum atomic E-state index is 11.9. The van der Waals surface area contributed by atoms with E-state index in [0.29, 0.717) is 24.1 Å². The van der Waals surface area contributed by atoms with Gasteiger partial charge in [0.05, 0.1) is 0 Å². The first-order valence-electron chi connectivity index (χ1n) is 9.44. The second kappa shape index (κ2) is 11.4. The molecule has 0 spiro atoms. The number of amides is 1. The molecule has 5 nitrogen and oxygen atoms in total. The Morgan fingerprint density at radius 2 is 1.88 bits per heavy atom. The Kier molecular flexibility index (Phi) is 9.98. The highest BCUT2D eigenvalue weighted by atomic mass is 127. The van der Waals surface area contributed by atoms with Crippen LogP contribution >= 0.6 is 24.0 Å². The van der Waals surface area contributed by atoms with Crippen molar-refractivity contribution in [3.05, 3.63) is 35.4 Å². The van der Waals surface area contributed by atoms with E-state index in [1.807, 2.05) is 31.2 Å². The zero-order valence-corrected chi connectivity index (χ0v) is 18.6. The highest BCUT2D eigenvalue weighted by molar-refractivity contribution is 14.0. The predicted molar refractivity (Wildman–Crippen MR) is 119 cm³/mol. The van der Waals surface area contributed by atoms with Crippen LogP contribution < -0.4 is 16.0 Å². The van der Waals surface area contributed by atoms with Crippen LogP contribution in [0.15, 0.2) is 29.3 Å². The van der Waals surface area contributed by atoms with Gasteiger partial charge in [-0.15, -0.1) is 24.0 Å². The number of halogens is 1. The van der Waals surface area contributed by atoms with Crippen LogP contribution in [0.4, 0.5) is 0 Å². The first-order valence-corrected chi connectivity index (χ1v) is 9.44. The molecule has 6 heteroatoms. The summed E-state index contributed by atoms with van der Waals surface area (Å²) in [4.78, 5) is 16.3. The first-order chi connectivity index (χ1) is 12.1. The fourth-order valence-corrected chi connectivity index (χ4v) is 3.54. The number of carbonyl (C=O) groups excluding carboxylic acids is 1. The molecule has 0 unspecified atom stereocenters. The van der Waals surface area contributed by atoms with Gasteiger partial charge in [-0.3, -0.25) is 9.79 Å². The Morgan fingerprint density at radius 1 is 1.15 bits per heavy atom. The number of rotatable bonds is 7. The lowest BCUT2D eigenvalue weighted by molar-refractivity contribution is 0.0955. The fraction of sp³-hybridized carbons (Fsp3) is 0.600. The minimum atomic E-state index is -0.0296. The number of carbonyl (C=O) groups is 1. The van der Waals surface area contributed by atoms with Crippen molar-refractivity contribution in [2.45, 2.75) is 52.5 Å². The minimum Gasteiger partial charge on any atom is -0.356 e. The summed E-state index contributed by atoms with van der Waals surface area (Å²) in [5, 5.41) is 9.68. The molecule has 0 atom stereocenters. The summed E-state index contributed by atoms with van der Waals surface area (Å²) in [7, 11) is 1.80. The van der Waals surface area contributed by atoms with Crippen LogP contribution in [-0.2, 0) is 6.54 Å². The molecule has 1 amide bonds. The van der Waals surface area contributed by atoms with E-state index in [9.17, 15) is 4.79 Å². The van der Waals surface area contributed by atoms with Crippen molar-refractivity contribution in [1.82, 2.24) is 16.0 Å². The zero-order valence-electron chi connectivity index (χ0n) is 16.2. The van der Waals surface area contributed by atoms with Crippen molar-refractivity contribution >= 4 is 35.8 Å². The monoisotopic (exact) mass is 472 g/mol. The molecule has 1 saturated carbocycles. The summed E-state index contributed by atoms with van der Waals surface area (Å²) >= 11 is 0. The van der Waals surface area contributed by atoms with Crippen molar-refractivity contribution < 1.29 is 4.79 Å². The van der Waals surface area contributed by atoms with Crippen LogP contribution in [-0.4, -0.2) is 32.0 Å². The molecule has 3 N–H and O–H groups in total. The average Bonchev–Trinajstić information content (AvgIpc) is 3.12. The molecule has 0 bridgehead atoms. The van der Waals surface area contributed by atoms with Gasteiger partial charge in [0.2, 0.25) is 0 Å². The maximum Gasteiger partial charge on any atom is 0.251 e. The number of hydrogen-bond donors (Lipinski definition) is 3. The number of benzene rings is 1. The molecule has 0 radical (unpaired) electrons. The van der Waals surface area contributed by atoms with Gasteiger partial charge < -0.3 is 16.0 Å². The third-order valence-electron chi connectivity index (χ3n) is 5.26. The van der Waals surface area contributed by atoms with Crippen molar-refractivity contribution in [3.8, 4) is 0 Å². The van der Waals surface area contributed by atoms with Gasteiger partial charge in [0.25, 0.3) is 5.91 Å². The second-order valence-electron chi connectivity index (χ2n) is 6.90. The predicted octanol–water partition coefficient (Wildman–Crippen LogP) is 3.69. The van der Waals surface area contributed by atoms with Crippen molar-refractivity contribution in [3.63, 3.8) is 0 Å². The SMILES string of the molecule is CCNC(=O)c1cccc(CNC(=NC)NCC2(CC)CCCC2)c1.I. The standard InChI is InChI=1S/C20H32N4O.HI/c1-4-20(11-6-7-12-20)15-24-19(21-3)23-14-16-9-8-10-17(13-16)18(25)22-5-2;/h8-10,13H,4-7,11-12,14-15H2,1-3H3,(H,22,25)(H2,21,23,24);1H. The van der Waals surface area contributed by atoms with Crippen LogP contribution in [0, 0.1) is 5.41 Å². The Labute approximate surface area is 174 Å². The van der Waals surface area contributed by atoms with Gasteiger partial charge >= 0.3 is 0 Å². The van der Waals surface area contributed by atoms with Crippen LogP contribution in [0.3, 0.4) is 0 Å². The number of guanidine groups is 1. The Bertz CT molecular complexity index is 597. The van der Waals surface area contributed by atoms with E-state index in [0.717, 1.165) is 18.1 Å². The molecule has 0 heterocycles. The molecule has 26 heavy (non-hydrogen) atoms. The summed E-state index contributed by atoms with van der Waals surface area (Å²) in [5.41, 5.74) is 2.19. The average molecular weight is 472 g/mol. The van der Waals surface area contributed by atoms with E-state index < -0.39 is 0 Å². The second-order valence-corrected chi connectivity index (χ2v) is 6.90. The van der Waals surface area contributed by atoms with Gasteiger partial charge in [-0.1, -0.05) is 31.9 Å². The molecule has 146 valence electrons. The van der Waals surface area contributed by atoms with E-state index in [-0.39, 0.29) is 29.9 Å². The van der Waals surface area contributed by atoms with Gasteiger partial charge in [-0.25, -0.2) is 0 Å². The topological polar surface area (TPSA) is 65.5 Å². The number of aliphatic imine (C=N–C) groups is 1. The Morgan fingerprint density at radius 3 is 2.50 bits per heavy atom. The highest BCUT2D eigenvalue weighted by Gasteiger charge is 2.31. The van der Waals surface area contributed by atoms with E-state index in [1.165, 1.54) is 32.1 Å². The summed E-state index contributed by atoms with van der Waals surface area (Å²) < 4.78 is 0. The number of nitrogens with zero attached hydrogens (tertiary/aromatic N) is 1. The highest BCUT2D eigenvalue weighted by Crippen LogP contribution is 2.40. The molecule has 0 aromatic heterocycles. The molecule has 1 aromatic rings. The van der Waals surface area contributed by atoms with Crippen LogP contribution in [0.1, 0.15) is 61.9 Å². The van der Waals surface area contributed by atoms with Crippen LogP contribution in [0.2, 0.25) is 0 Å². The fourth-order valence-electron chi connectivity index (χ4n) is 3.54. The molecule has 1 fully saturated rings. The molecular weight excluding hydrogens is 439 g/mol. The van der Waals surface area contributed by atoms with E-state index >= 15 is 0 Å². The van der Waals surface area contributed by atoms with Gasteiger partial charge in [-0.2, -0.15) is 0 Å². The van der Waals surface area contributed by atoms with E-state index in [4.69, 9.17) is 0 Å². The minimum absolute atomic E-state index is 0. The lowest BCUT2D eigenvalue weighted by atomic mass is 9.83. The molecule has 0 aliphatic heterocycles.